The van der Waals surface area contributed by atoms with E-state index in [1.807, 2.05) is 29.2 Å². The number of nitrogens with one attached hydrogen (secondary N) is 1. The zero-order valence-electron chi connectivity index (χ0n) is 16.5. The molecule has 0 bridgehead atoms. The normalized spacial score (nSPS) is 14.3. The topological polar surface area (TPSA) is 92.8 Å². The van der Waals surface area contributed by atoms with E-state index in [0.29, 0.717) is 18.5 Å². The molecule has 0 aromatic heterocycles. The van der Waals surface area contributed by atoms with E-state index in [4.69, 9.17) is 0 Å². The van der Waals surface area contributed by atoms with Gasteiger partial charge in [0.15, 0.2) is 0 Å². The standard InChI is InChI=1S/C21H24N2O5S/c1-15-5-10-18(21(25)28-2)12-19(15)29(26,27)22-13-16-6-8-17(9-7-16)14-23-11-3-4-20(23)24/h5-10,12,22H,3-4,11,13-14H2,1-2H3. The van der Waals surface area contributed by atoms with Gasteiger partial charge in [0.2, 0.25) is 15.9 Å². The van der Waals surface area contributed by atoms with E-state index in [0.717, 1.165) is 24.1 Å². The van der Waals surface area contributed by atoms with Gasteiger partial charge in [-0.15, -0.1) is 0 Å². The van der Waals surface area contributed by atoms with Gasteiger partial charge in [0.05, 0.1) is 17.6 Å². The third-order valence-electron chi connectivity index (χ3n) is 4.93. The summed E-state index contributed by atoms with van der Waals surface area (Å²) >= 11 is 0. The summed E-state index contributed by atoms with van der Waals surface area (Å²) in [6.45, 7) is 3.14. The fourth-order valence-corrected chi connectivity index (χ4v) is 4.53. The molecule has 0 spiro atoms. The lowest BCUT2D eigenvalue weighted by Gasteiger charge is -2.15. The number of rotatable bonds is 7. The number of methoxy groups -OCH3 is 1. The third kappa shape index (κ3) is 5.02. The van der Waals surface area contributed by atoms with Crippen molar-refractivity contribution in [2.45, 2.75) is 37.8 Å². The van der Waals surface area contributed by atoms with Crippen molar-refractivity contribution in [3.63, 3.8) is 0 Å². The van der Waals surface area contributed by atoms with Gasteiger partial charge < -0.3 is 9.64 Å². The zero-order chi connectivity index (χ0) is 21.0. The number of carbonyl (C=O) groups excluding carboxylic acids is 2. The van der Waals surface area contributed by atoms with Crippen LogP contribution >= 0.6 is 0 Å². The van der Waals surface area contributed by atoms with Crippen molar-refractivity contribution in [2.75, 3.05) is 13.7 Å². The smallest absolute Gasteiger partial charge is 0.337 e. The lowest BCUT2D eigenvalue weighted by Crippen LogP contribution is -2.25. The van der Waals surface area contributed by atoms with Gasteiger partial charge in [0.1, 0.15) is 0 Å². The number of carbonyl (C=O) groups is 2. The van der Waals surface area contributed by atoms with E-state index in [-0.39, 0.29) is 22.9 Å². The fraction of sp³-hybridized carbons (Fsp3) is 0.333. The van der Waals surface area contributed by atoms with Crippen molar-refractivity contribution >= 4 is 21.9 Å². The fourth-order valence-electron chi connectivity index (χ4n) is 3.24. The van der Waals surface area contributed by atoms with Crippen LogP contribution in [0.4, 0.5) is 0 Å². The van der Waals surface area contributed by atoms with Crippen LogP contribution in [0.5, 0.6) is 0 Å². The Kier molecular flexibility index (Phi) is 6.34. The van der Waals surface area contributed by atoms with Gasteiger partial charge in [-0.2, -0.15) is 0 Å². The first kappa shape index (κ1) is 21.0. The molecular formula is C21H24N2O5S. The van der Waals surface area contributed by atoms with E-state index in [9.17, 15) is 18.0 Å². The molecule has 0 radical (unpaired) electrons. The summed E-state index contributed by atoms with van der Waals surface area (Å²) in [7, 11) is -2.55. The molecule has 7 nitrogen and oxygen atoms in total. The molecule has 1 aliphatic rings. The molecule has 0 saturated carbocycles. The molecule has 154 valence electrons. The van der Waals surface area contributed by atoms with Gasteiger partial charge >= 0.3 is 5.97 Å². The summed E-state index contributed by atoms with van der Waals surface area (Å²) in [6.07, 6.45) is 1.51. The van der Waals surface area contributed by atoms with Crippen LogP contribution in [0.2, 0.25) is 0 Å². The molecule has 1 amide bonds. The van der Waals surface area contributed by atoms with Crippen LogP contribution < -0.4 is 4.72 Å². The van der Waals surface area contributed by atoms with Crippen LogP contribution in [-0.4, -0.2) is 38.8 Å². The van der Waals surface area contributed by atoms with E-state index in [2.05, 4.69) is 9.46 Å². The Morgan fingerprint density at radius 3 is 2.45 bits per heavy atom. The average Bonchev–Trinajstić information content (AvgIpc) is 3.11. The molecule has 29 heavy (non-hydrogen) atoms. The summed E-state index contributed by atoms with van der Waals surface area (Å²) in [6, 6.07) is 11.9. The van der Waals surface area contributed by atoms with Crippen molar-refractivity contribution < 1.29 is 22.7 Å². The molecule has 8 heteroatoms. The highest BCUT2D eigenvalue weighted by molar-refractivity contribution is 7.89. The second kappa shape index (κ2) is 8.75. The van der Waals surface area contributed by atoms with Crippen molar-refractivity contribution in [3.8, 4) is 0 Å². The first-order chi connectivity index (χ1) is 13.8. The zero-order valence-corrected chi connectivity index (χ0v) is 17.3. The van der Waals surface area contributed by atoms with E-state index < -0.39 is 16.0 Å². The molecule has 0 aliphatic carbocycles. The maximum Gasteiger partial charge on any atom is 0.337 e. The molecule has 2 aromatic carbocycles. The highest BCUT2D eigenvalue weighted by Gasteiger charge is 2.21. The van der Waals surface area contributed by atoms with Gasteiger partial charge in [-0.05, 0) is 42.2 Å². The monoisotopic (exact) mass is 416 g/mol. The summed E-state index contributed by atoms with van der Waals surface area (Å²) in [4.78, 5) is 25.3. The molecule has 0 unspecified atom stereocenters. The highest BCUT2D eigenvalue weighted by atomic mass is 32.2. The SMILES string of the molecule is COC(=O)c1ccc(C)c(S(=O)(=O)NCc2ccc(CN3CCCC3=O)cc2)c1. The summed E-state index contributed by atoms with van der Waals surface area (Å²) in [5.41, 5.74) is 2.52. The van der Waals surface area contributed by atoms with Crippen molar-refractivity contribution in [1.29, 1.82) is 0 Å². The largest absolute Gasteiger partial charge is 0.465 e. The Balaban J connectivity index is 1.67. The first-order valence-electron chi connectivity index (χ1n) is 9.34. The van der Waals surface area contributed by atoms with Crippen LogP contribution in [0, 0.1) is 6.92 Å². The number of amides is 1. The van der Waals surface area contributed by atoms with Gasteiger partial charge in [-0.25, -0.2) is 17.9 Å². The van der Waals surface area contributed by atoms with Crippen molar-refractivity contribution in [2.24, 2.45) is 0 Å². The van der Waals surface area contributed by atoms with Crippen LogP contribution in [0.3, 0.4) is 0 Å². The predicted octanol–water partition coefficient (Wildman–Crippen LogP) is 2.38. The molecule has 2 aromatic rings. The van der Waals surface area contributed by atoms with Crippen LogP contribution in [0.15, 0.2) is 47.4 Å². The number of aryl methyl sites for hydroxylation is 1. The van der Waals surface area contributed by atoms with Crippen LogP contribution in [0.25, 0.3) is 0 Å². The Bertz CT molecular complexity index is 1020. The van der Waals surface area contributed by atoms with Gasteiger partial charge in [0, 0.05) is 26.1 Å². The van der Waals surface area contributed by atoms with Crippen LogP contribution in [0.1, 0.15) is 39.9 Å². The molecule has 1 aliphatic heterocycles. The van der Waals surface area contributed by atoms with E-state index in [1.165, 1.54) is 19.2 Å². The highest BCUT2D eigenvalue weighted by Crippen LogP contribution is 2.19. The summed E-state index contributed by atoms with van der Waals surface area (Å²) < 4.78 is 32.7. The number of benzene rings is 2. The molecule has 1 N–H and O–H groups in total. The maximum absolute atomic E-state index is 12.7. The predicted molar refractivity (Wildman–Crippen MR) is 108 cm³/mol. The third-order valence-corrected chi connectivity index (χ3v) is 6.48. The lowest BCUT2D eigenvalue weighted by molar-refractivity contribution is -0.128. The summed E-state index contributed by atoms with van der Waals surface area (Å²) in [5, 5.41) is 0. The second-order valence-corrected chi connectivity index (χ2v) is 8.77. The van der Waals surface area contributed by atoms with E-state index in [1.54, 1.807) is 13.0 Å². The molecule has 1 fully saturated rings. The minimum absolute atomic E-state index is 0.0459. The minimum atomic E-state index is -3.80. The Morgan fingerprint density at radius 2 is 1.83 bits per heavy atom. The number of esters is 1. The van der Waals surface area contributed by atoms with Gasteiger partial charge in [0.25, 0.3) is 0 Å². The molecule has 1 heterocycles. The Morgan fingerprint density at radius 1 is 1.14 bits per heavy atom. The maximum atomic E-state index is 12.7. The van der Waals surface area contributed by atoms with Crippen LogP contribution in [-0.2, 0) is 32.6 Å². The average molecular weight is 416 g/mol. The molecule has 1 saturated heterocycles. The van der Waals surface area contributed by atoms with Gasteiger partial charge in [-0.3, -0.25) is 4.79 Å². The van der Waals surface area contributed by atoms with E-state index >= 15 is 0 Å². The van der Waals surface area contributed by atoms with Crippen molar-refractivity contribution in [3.05, 3.63) is 64.7 Å². The van der Waals surface area contributed by atoms with Crippen molar-refractivity contribution in [1.82, 2.24) is 9.62 Å². The number of hydrogen-bond acceptors (Lipinski definition) is 5. The molecular weight excluding hydrogens is 392 g/mol. The number of ether oxygens (including phenoxy) is 1. The molecule has 0 atom stereocenters. The molecule has 3 rings (SSSR count). The first-order valence-corrected chi connectivity index (χ1v) is 10.8. The number of sulfonamides is 1. The number of nitrogens with zero attached hydrogens (tertiary/aromatic N) is 1. The number of hydrogen-bond donors (Lipinski definition) is 1. The number of likely N-dealkylation sites (tertiary alicyclic amines) is 1. The Labute approximate surface area is 170 Å². The minimum Gasteiger partial charge on any atom is -0.465 e. The quantitative estimate of drug-likeness (QED) is 0.700. The summed E-state index contributed by atoms with van der Waals surface area (Å²) in [5.74, 6) is -0.417. The lowest BCUT2D eigenvalue weighted by atomic mass is 10.1. The Hall–Kier alpha value is -2.71. The second-order valence-electron chi connectivity index (χ2n) is 7.03. The van der Waals surface area contributed by atoms with Gasteiger partial charge in [-0.1, -0.05) is 30.3 Å².